The first-order valence-electron chi connectivity index (χ1n) is 15.0. The van der Waals surface area contributed by atoms with Crippen molar-refractivity contribution in [2.75, 3.05) is 26.7 Å². The maximum Gasteiger partial charge on any atom is 0.412 e. The number of hydrogen-bond acceptors (Lipinski definition) is 4. The van der Waals surface area contributed by atoms with Gasteiger partial charge in [0, 0.05) is 42.4 Å². The van der Waals surface area contributed by atoms with E-state index >= 15 is 0 Å². The Morgan fingerprint density at radius 1 is 1.05 bits per heavy atom. The van der Waals surface area contributed by atoms with Crippen molar-refractivity contribution in [2.24, 2.45) is 0 Å². The number of rotatable bonds is 8. The molecule has 0 bridgehead atoms. The number of likely N-dealkylation sites (tertiary alicyclic amines) is 1. The van der Waals surface area contributed by atoms with Crippen LogP contribution in [0.3, 0.4) is 0 Å². The van der Waals surface area contributed by atoms with Crippen LogP contribution in [0.2, 0.25) is 0 Å². The largest absolute Gasteiger partial charge is 0.412 e. The van der Waals surface area contributed by atoms with Crippen LogP contribution < -0.4 is 15.4 Å². The normalized spacial score (nSPS) is 13.9. The molecule has 3 aromatic carbocycles. The summed E-state index contributed by atoms with van der Waals surface area (Å²) in [5.74, 6) is 0.225. The Labute approximate surface area is 251 Å². The number of carbonyl (C=O) groups is 1. The number of para-hydroxylation sites is 1. The van der Waals surface area contributed by atoms with E-state index in [4.69, 9.17) is 4.74 Å². The lowest BCUT2D eigenvalue weighted by atomic mass is 9.91. The fraction of sp³-hybridized carbons (Fsp3) is 0.361. The number of hydrogen-bond donors (Lipinski definition) is 2. The van der Waals surface area contributed by atoms with Gasteiger partial charge in [0.05, 0.1) is 5.70 Å². The van der Waals surface area contributed by atoms with Crippen LogP contribution in [0.15, 0.2) is 73.3 Å². The van der Waals surface area contributed by atoms with Crippen LogP contribution >= 0.6 is 0 Å². The Bertz CT molecular complexity index is 1370. The lowest BCUT2D eigenvalue weighted by molar-refractivity contribution is 0.201. The summed E-state index contributed by atoms with van der Waals surface area (Å²) < 4.78 is 20.2. The molecular formula is C36H46FN3O2. The highest BCUT2D eigenvalue weighted by atomic mass is 19.1. The number of amides is 1. The summed E-state index contributed by atoms with van der Waals surface area (Å²) in [6.45, 7) is 16.5. The topological polar surface area (TPSA) is 53.6 Å². The minimum Gasteiger partial charge on any atom is -0.410 e. The summed E-state index contributed by atoms with van der Waals surface area (Å²) in [5.41, 5.74) is 7.48. The van der Waals surface area contributed by atoms with Gasteiger partial charge in [-0.2, -0.15) is 0 Å². The number of nitrogens with one attached hydrogen (secondary N) is 2. The Kier molecular flexibility index (Phi) is 12.4. The molecule has 4 rings (SSSR count). The van der Waals surface area contributed by atoms with E-state index in [0.717, 1.165) is 70.6 Å². The van der Waals surface area contributed by atoms with Crippen molar-refractivity contribution >= 4 is 17.4 Å². The molecule has 1 heterocycles. The van der Waals surface area contributed by atoms with Crippen molar-refractivity contribution in [1.82, 2.24) is 15.5 Å². The lowest BCUT2D eigenvalue weighted by Crippen LogP contribution is -2.40. The van der Waals surface area contributed by atoms with Gasteiger partial charge in [-0.05, 0) is 87.2 Å². The van der Waals surface area contributed by atoms with Crippen molar-refractivity contribution in [2.45, 2.75) is 59.9 Å². The van der Waals surface area contributed by atoms with Gasteiger partial charge in [0.1, 0.15) is 11.6 Å². The van der Waals surface area contributed by atoms with E-state index in [1.807, 2.05) is 57.3 Å². The van der Waals surface area contributed by atoms with Gasteiger partial charge < -0.3 is 20.3 Å². The van der Waals surface area contributed by atoms with Crippen LogP contribution in [-0.4, -0.2) is 43.7 Å². The van der Waals surface area contributed by atoms with Gasteiger partial charge in [-0.15, -0.1) is 0 Å². The highest BCUT2D eigenvalue weighted by molar-refractivity contribution is 5.96. The standard InChI is InChI=1S/C33H38FN3O2.C3H8/c1-6-28(25-18-22(3)19-26(34)20-25)32(37-16-14-27(35-5)15-17-37)30-21-24(13-12-23(30)4)29-10-8-9-11-31(29)39-33(38)36-7-2;1-3-2/h6,8-13,18-21,27,35H,1,7,14-17H2,2-5H3,(H,36,38);3H2,1-2H3/b32-28-;. The van der Waals surface area contributed by atoms with Crippen LogP contribution in [0.4, 0.5) is 9.18 Å². The van der Waals surface area contributed by atoms with Gasteiger partial charge in [-0.1, -0.05) is 69.3 Å². The second-order valence-electron chi connectivity index (χ2n) is 10.7. The van der Waals surface area contributed by atoms with Crippen molar-refractivity contribution < 1.29 is 13.9 Å². The molecule has 5 nitrogen and oxygen atoms in total. The first-order chi connectivity index (χ1) is 20.3. The molecule has 224 valence electrons. The van der Waals surface area contributed by atoms with Gasteiger partial charge in [0.2, 0.25) is 0 Å². The summed E-state index contributed by atoms with van der Waals surface area (Å²) in [4.78, 5) is 14.6. The maximum absolute atomic E-state index is 14.6. The average Bonchev–Trinajstić information content (AvgIpc) is 2.97. The maximum atomic E-state index is 14.6. The van der Waals surface area contributed by atoms with Crippen molar-refractivity contribution in [1.29, 1.82) is 0 Å². The number of halogens is 1. The van der Waals surface area contributed by atoms with Gasteiger partial charge in [0.15, 0.2) is 0 Å². The molecule has 2 N–H and O–H groups in total. The summed E-state index contributed by atoms with van der Waals surface area (Å²) in [5, 5.41) is 6.10. The molecule has 3 aromatic rings. The highest BCUT2D eigenvalue weighted by Gasteiger charge is 2.25. The number of carbonyl (C=O) groups excluding carboxylic acids is 1. The van der Waals surface area contributed by atoms with E-state index in [2.05, 4.69) is 55.0 Å². The molecular weight excluding hydrogens is 525 g/mol. The zero-order chi connectivity index (χ0) is 30.6. The molecule has 6 heteroatoms. The molecule has 42 heavy (non-hydrogen) atoms. The van der Waals surface area contributed by atoms with Gasteiger partial charge >= 0.3 is 6.09 Å². The molecule has 1 fully saturated rings. The summed E-state index contributed by atoms with van der Waals surface area (Å²) in [7, 11) is 2.01. The summed E-state index contributed by atoms with van der Waals surface area (Å²) in [6, 6.07) is 19.4. The first-order valence-corrected chi connectivity index (χ1v) is 15.0. The molecule has 1 saturated heterocycles. The van der Waals surface area contributed by atoms with E-state index < -0.39 is 6.09 Å². The third-order valence-corrected chi connectivity index (χ3v) is 7.25. The third kappa shape index (κ3) is 8.32. The Morgan fingerprint density at radius 3 is 2.36 bits per heavy atom. The van der Waals surface area contributed by atoms with Crippen molar-refractivity contribution in [3.63, 3.8) is 0 Å². The minimum absolute atomic E-state index is 0.264. The molecule has 0 atom stereocenters. The van der Waals surface area contributed by atoms with Crippen LogP contribution in [0.5, 0.6) is 5.75 Å². The van der Waals surface area contributed by atoms with E-state index in [1.165, 1.54) is 6.42 Å². The molecule has 0 spiro atoms. The quantitative estimate of drug-likeness (QED) is 0.211. The van der Waals surface area contributed by atoms with Crippen LogP contribution in [0.1, 0.15) is 62.3 Å². The van der Waals surface area contributed by atoms with Crippen LogP contribution in [0.25, 0.3) is 22.4 Å². The number of aryl methyl sites for hydroxylation is 2. The zero-order valence-corrected chi connectivity index (χ0v) is 26.0. The number of piperidine rings is 1. The Balaban J connectivity index is 0.00000155. The fourth-order valence-corrected chi connectivity index (χ4v) is 5.24. The second-order valence-corrected chi connectivity index (χ2v) is 10.7. The molecule has 0 radical (unpaired) electrons. The number of nitrogens with zero attached hydrogens (tertiary/aromatic N) is 1. The molecule has 0 aromatic heterocycles. The van der Waals surface area contributed by atoms with Crippen LogP contribution in [0, 0.1) is 19.7 Å². The average molecular weight is 572 g/mol. The number of allylic oxidation sites excluding steroid dienone is 2. The first kappa shape index (κ1) is 32.6. The SMILES string of the molecule is C=C/C(=C(\c1cc(-c2ccccc2OC(=O)NCC)ccc1C)N1CCC(NC)CC1)c1cc(C)cc(F)c1.CCC. The van der Waals surface area contributed by atoms with Gasteiger partial charge in [0.25, 0.3) is 0 Å². The zero-order valence-electron chi connectivity index (χ0n) is 26.0. The van der Waals surface area contributed by atoms with E-state index in [9.17, 15) is 9.18 Å². The summed E-state index contributed by atoms with van der Waals surface area (Å²) in [6.07, 6.45) is 4.62. The monoisotopic (exact) mass is 571 g/mol. The smallest absolute Gasteiger partial charge is 0.410 e. The van der Waals surface area contributed by atoms with Gasteiger partial charge in [-0.3, -0.25) is 0 Å². The number of benzene rings is 3. The van der Waals surface area contributed by atoms with E-state index in [0.29, 0.717) is 18.3 Å². The van der Waals surface area contributed by atoms with Crippen LogP contribution in [-0.2, 0) is 0 Å². The molecule has 0 aliphatic carbocycles. The Hall–Kier alpha value is -3.90. The van der Waals surface area contributed by atoms with Gasteiger partial charge in [-0.25, -0.2) is 9.18 Å². The predicted octanol–water partition coefficient (Wildman–Crippen LogP) is 8.37. The highest BCUT2D eigenvalue weighted by Crippen LogP contribution is 2.38. The van der Waals surface area contributed by atoms with E-state index in [1.54, 1.807) is 18.2 Å². The van der Waals surface area contributed by atoms with E-state index in [-0.39, 0.29) is 5.82 Å². The fourth-order valence-electron chi connectivity index (χ4n) is 5.24. The Morgan fingerprint density at radius 2 is 1.74 bits per heavy atom. The minimum atomic E-state index is -0.485. The summed E-state index contributed by atoms with van der Waals surface area (Å²) >= 11 is 0. The molecule has 0 unspecified atom stereocenters. The lowest BCUT2D eigenvalue weighted by Gasteiger charge is -2.37. The molecule has 0 saturated carbocycles. The van der Waals surface area contributed by atoms with Crippen molar-refractivity contribution in [3.05, 3.63) is 101 Å². The third-order valence-electron chi connectivity index (χ3n) is 7.25. The molecule has 1 aliphatic heterocycles. The molecule has 1 amide bonds. The molecule has 1 aliphatic rings. The second kappa shape index (κ2) is 15.9. The number of ether oxygens (including phenoxy) is 1. The van der Waals surface area contributed by atoms with Crippen molar-refractivity contribution in [3.8, 4) is 16.9 Å². The predicted molar refractivity (Wildman–Crippen MR) is 174 cm³/mol.